The molecule has 1 aliphatic heterocycles. The van der Waals surface area contributed by atoms with Crippen LogP contribution in [0, 0.1) is 13.8 Å². The van der Waals surface area contributed by atoms with E-state index in [9.17, 15) is 13.8 Å². The standard InChI is InChI=1S/C19H17NO3S/c1-12-3-5-16(13(2)17(12)10-22)11-24(23)19-8-15-6-4-14(9-21)7-18(15)20-19/h3-7,9-10H,8,11H2,1-2H3. The molecule has 1 atom stereocenters. The fourth-order valence-electron chi connectivity index (χ4n) is 2.85. The average Bonchev–Trinajstić information content (AvgIpc) is 3.01. The molecule has 0 aromatic heterocycles. The summed E-state index contributed by atoms with van der Waals surface area (Å²) < 4.78 is 12.7. The molecule has 4 nitrogen and oxygen atoms in total. The highest BCUT2D eigenvalue weighted by molar-refractivity contribution is 8.00. The summed E-state index contributed by atoms with van der Waals surface area (Å²) in [6.45, 7) is 3.77. The number of carbonyl (C=O) groups is 2. The molecule has 0 spiro atoms. The van der Waals surface area contributed by atoms with E-state index in [1.807, 2.05) is 32.0 Å². The zero-order chi connectivity index (χ0) is 17.3. The van der Waals surface area contributed by atoms with Gasteiger partial charge >= 0.3 is 0 Å². The molecule has 0 saturated carbocycles. The Bertz CT molecular complexity index is 900. The van der Waals surface area contributed by atoms with Gasteiger partial charge in [-0.2, -0.15) is 0 Å². The van der Waals surface area contributed by atoms with Gasteiger partial charge in [0.15, 0.2) is 6.29 Å². The van der Waals surface area contributed by atoms with Gasteiger partial charge in [0.25, 0.3) is 0 Å². The van der Waals surface area contributed by atoms with Gasteiger partial charge in [0.1, 0.15) is 11.3 Å². The normalized spacial score (nSPS) is 14.0. The molecule has 24 heavy (non-hydrogen) atoms. The van der Waals surface area contributed by atoms with E-state index in [1.54, 1.807) is 12.1 Å². The Labute approximate surface area is 143 Å². The molecule has 122 valence electrons. The molecule has 0 saturated heterocycles. The highest BCUT2D eigenvalue weighted by Crippen LogP contribution is 2.29. The minimum absolute atomic E-state index is 0.334. The van der Waals surface area contributed by atoms with Crippen LogP contribution in [0.3, 0.4) is 0 Å². The third-order valence-corrected chi connectivity index (χ3v) is 5.68. The minimum Gasteiger partial charge on any atom is -0.298 e. The molecule has 5 heteroatoms. The van der Waals surface area contributed by atoms with Crippen LogP contribution in [0.25, 0.3) is 0 Å². The number of nitrogens with zero attached hydrogens (tertiary/aromatic N) is 1. The van der Waals surface area contributed by atoms with Gasteiger partial charge in [-0.05, 0) is 42.2 Å². The number of aryl methyl sites for hydroxylation is 1. The number of fused-ring (bicyclic) bond motifs is 1. The highest BCUT2D eigenvalue weighted by atomic mass is 32.2. The molecule has 1 aliphatic rings. The summed E-state index contributed by atoms with van der Waals surface area (Å²) in [6.07, 6.45) is 2.16. The number of benzene rings is 2. The second-order valence-electron chi connectivity index (χ2n) is 5.88. The third kappa shape index (κ3) is 2.99. The van der Waals surface area contributed by atoms with Gasteiger partial charge in [0, 0.05) is 17.5 Å². The van der Waals surface area contributed by atoms with Crippen LogP contribution in [0.4, 0.5) is 5.69 Å². The van der Waals surface area contributed by atoms with Crippen LogP contribution >= 0.6 is 0 Å². The van der Waals surface area contributed by atoms with Crippen molar-refractivity contribution in [2.75, 3.05) is 0 Å². The second-order valence-corrected chi connectivity index (χ2v) is 7.33. The van der Waals surface area contributed by atoms with Crippen molar-refractivity contribution >= 4 is 34.1 Å². The molecule has 2 aromatic rings. The molecule has 1 heterocycles. The van der Waals surface area contributed by atoms with Crippen LogP contribution in [0.15, 0.2) is 35.3 Å². The van der Waals surface area contributed by atoms with Crippen molar-refractivity contribution in [3.05, 3.63) is 63.7 Å². The van der Waals surface area contributed by atoms with Gasteiger partial charge in [-0.25, -0.2) is 4.99 Å². The van der Waals surface area contributed by atoms with Crippen molar-refractivity contribution < 1.29 is 13.8 Å². The van der Waals surface area contributed by atoms with Crippen LogP contribution in [0.1, 0.15) is 43.0 Å². The smallest absolute Gasteiger partial charge is 0.150 e. The Hall–Kier alpha value is -2.40. The molecule has 0 amide bonds. The Balaban J connectivity index is 1.84. The first-order valence-electron chi connectivity index (χ1n) is 7.61. The maximum atomic E-state index is 12.7. The van der Waals surface area contributed by atoms with Gasteiger partial charge in [-0.3, -0.25) is 13.8 Å². The third-order valence-electron chi connectivity index (χ3n) is 4.34. The van der Waals surface area contributed by atoms with Gasteiger partial charge < -0.3 is 0 Å². The van der Waals surface area contributed by atoms with Crippen molar-refractivity contribution in [3.8, 4) is 0 Å². The lowest BCUT2D eigenvalue weighted by Crippen LogP contribution is -2.11. The topological polar surface area (TPSA) is 63.6 Å². The first kappa shape index (κ1) is 16.5. The summed E-state index contributed by atoms with van der Waals surface area (Å²) in [5.74, 6) is 0.334. The highest BCUT2D eigenvalue weighted by Gasteiger charge is 2.21. The number of carbonyl (C=O) groups excluding carboxylic acids is 2. The maximum absolute atomic E-state index is 12.7. The molecule has 2 aromatic carbocycles. The number of aliphatic imine (C=N–C) groups is 1. The van der Waals surface area contributed by atoms with Crippen LogP contribution in [-0.2, 0) is 23.0 Å². The van der Waals surface area contributed by atoms with Crippen LogP contribution in [0.2, 0.25) is 0 Å². The minimum atomic E-state index is -1.26. The lowest BCUT2D eigenvalue weighted by molar-refractivity contribution is 0.111. The summed E-state index contributed by atoms with van der Waals surface area (Å²) in [5, 5.41) is 0.612. The predicted octanol–water partition coefficient (Wildman–Crippen LogP) is 3.46. The molecular weight excluding hydrogens is 322 g/mol. The van der Waals surface area contributed by atoms with Crippen LogP contribution < -0.4 is 0 Å². The van der Waals surface area contributed by atoms with Crippen LogP contribution in [0.5, 0.6) is 0 Å². The lowest BCUT2D eigenvalue weighted by Gasteiger charge is -2.10. The molecule has 0 N–H and O–H groups in total. The number of rotatable bonds is 4. The van der Waals surface area contributed by atoms with Crippen molar-refractivity contribution in [1.82, 2.24) is 0 Å². The monoisotopic (exact) mass is 339 g/mol. The first-order chi connectivity index (χ1) is 11.5. The largest absolute Gasteiger partial charge is 0.298 e. The summed E-state index contributed by atoms with van der Waals surface area (Å²) in [7, 11) is -1.26. The van der Waals surface area contributed by atoms with E-state index in [-0.39, 0.29) is 0 Å². The van der Waals surface area contributed by atoms with E-state index in [1.165, 1.54) is 0 Å². The molecule has 0 radical (unpaired) electrons. The molecular formula is C19H17NO3S. The molecule has 0 aliphatic carbocycles. The second kappa shape index (κ2) is 6.61. The Morgan fingerprint density at radius 2 is 1.92 bits per heavy atom. The van der Waals surface area contributed by atoms with E-state index >= 15 is 0 Å². The predicted molar refractivity (Wildman–Crippen MR) is 95.8 cm³/mol. The molecule has 3 rings (SSSR count). The van der Waals surface area contributed by atoms with Crippen molar-refractivity contribution in [3.63, 3.8) is 0 Å². The van der Waals surface area contributed by atoms with Crippen molar-refractivity contribution in [1.29, 1.82) is 0 Å². The van der Waals surface area contributed by atoms with Gasteiger partial charge in [0.2, 0.25) is 0 Å². The average molecular weight is 339 g/mol. The Morgan fingerprint density at radius 3 is 2.62 bits per heavy atom. The fourth-order valence-corrected chi connectivity index (χ4v) is 4.13. The Morgan fingerprint density at radius 1 is 1.12 bits per heavy atom. The Kier molecular flexibility index (Phi) is 4.53. The van der Waals surface area contributed by atoms with E-state index < -0.39 is 10.8 Å². The SMILES string of the molecule is Cc1ccc(CS(=O)C2=Nc3cc(C=O)ccc3C2)c(C)c1C=O. The van der Waals surface area contributed by atoms with Crippen molar-refractivity contribution in [2.24, 2.45) is 4.99 Å². The number of aldehydes is 2. The summed E-state index contributed by atoms with van der Waals surface area (Å²) in [5.41, 5.74) is 5.62. The molecule has 0 bridgehead atoms. The zero-order valence-corrected chi connectivity index (χ0v) is 14.4. The van der Waals surface area contributed by atoms with E-state index in [2.05, 4.69) is 4.99 Å². The zero-order valence-electron chi connectivity index (χ0n) is 13.5. The maximum Gasteiger partial charge on any atom is 0.150 e. The first-order valence-corrected chi connectivity index (χ1v) is 8.93. The summed E-state index contributed by atoms with van der Waals surface area (Å²) in [6, 6.07) is 9.11. The van der Waals surface area contributed by atoms with Crippen molar-refractivity contribution in [2.45, 2.75) is 26.0 Å². The number of hydrogen-bond acceptors (Lipinski definition) is 4. The summed E-state index contributed by atoms with van der Waals surface area (Å²) >= 11 is 0. The van der Waals surface area contributed by atoms with Gasteiger partial charge in [0.05, 0.1) is 22.2 Å². The summed E-state index contributed by atoms with van der Waals surface area (Å²) in [4.78, 5) is 26.5. The van der Waals surface area contributed by atoms with E-state index in [0.29, 0.717) is 28.3 Å². The van der Waals surface area contributed by atoms with Gasteiger partial charge in [-0.15, -0.1) is 0 Å². The van der Waals surface area contributed by atoms with E-state index in [4.69, 9.17) is 0 Å². The molecule has 0 fully saturated rings. The van der Waals surface area contributed by atoms with E-state index in [0.717, 1.165) is 40.5 Å². The van der Waals surface area contributed by atoms with Crippen LogP contribution in [-0.4, -0.2) is 21.8 Å². The van der Waals surface area contributed by atoms with Gasteiger partial charge in [-0.1, -0.05) is 24.3 Å². The quantitative estimate of drug-likeness (QED) is 0.801. The molecule has 1 unspecified atom stereocenters. The fraction of sp³-hybridized carbons (Fsp3) is 0.211. The number of hydrogen-bond donors (Lipinski definition) is 0. The lowest BCUT2D eigenvalue weighted by atomic mass is 10.00.